The Balaban J connectivity index is 1.09. The second-order valence-electron chi connectivity index (χ2n) is 25.4. The van der Waals surface area contributed by atoms with E-state index in [-0.39, 0.29) is 28.5 Å². The summed E-state index contributed by atoms with van der Waals surface area (Å²) in [6, 6.07) is 55.2. The van der Waals surface area contributed by atoms with Crippen LogP contribution in [-0.2, 0) is 21.7 Å². The van der Waals surface area contributed by atoms with E-state index in [0.717, 1.165) is 95.8 Å². The second kappa shape index (κ2) is 13.5. The highest BCUT2D eigenvalue weighted by molar-refractivity contribution is 6.94. The number of rotatable bonds is 1. The van der Waals surface area contributed by atoms with Crippen molar-refractivity contribution in [2.24, 2.45) is 0 Å². The number of anilines is 2. The molecule has 0 atom stereocenters. The first-order chi connectivity index (χ1) is 36.0. The average Bonchev–Trinajstić information content (AvgIpc) is 4.40. The van der Waals surface area contributed by atoms with Gasteiger partial charge in [0, 0.05) is 82.8 Å². The molecule has 2 aliphatic heterocycles. The lowest BCUT2D eigenvalue weighted by atomic mass is 9.43. The molecule has 17 rings (SSSR count). The van der Waals surface area contributed by atoms with Gasteiger partial charge in [0.15, 0.2) is 0 Å². The van der Waals surface area contributed by atoms with Crippen molar-refractivity contribution in [3.05, 3.63) is 173 Å². The molecular formula is C69H55BN2O3. The molecule has 4 aromatic heterocycles. The van der Waals surface area contributed by atoms with Crippen molar-refractivity contribution in [1.82, 2.24) is 4.57 Å². The first-order valence-corrected chi connectivity index (χ1v) is 27.1. The van der Waals surface area contributed by atoms with Gasteiger partial charge in [-0.1, -0.05) is 135 Å². The summed E-state index contributed by atoms with van der Waals surface area (Å²) in [6.07, 6.45) is 2.28. The standard InChI is InChI=1S/C69H55BN2O3/c1-66(2,3)36-22-24-37(25-23-36)72-53-35-59-42(43-30-49-50(33-57(43)74-59)68(6,7)27-26-67(49,4)5)29-46(53)62-63-64-60(61-40-18-12-15-21-56(40)75-65(61)62)45-28-41-38-16-10-13-19-47(38)69(8,9)48(41)32-52(45)71(64)54-31-44-39-17-11-14-20-55(39)73-58(44)34-51(54)70(63)72/h10-25,28-35H,26-27H2,1-9H3. The van der Waals surface area contributed by atoms with E-state index >= 15 is 0 Å². The summed E-state index contributed by atoms with van der Waals surface area (Å²) in [7, 11) is 0. The summed E-state index contributed by atoms with van der Waals surface area (Å²) < 4.78 is 24.2. The van der Waals surface area contributed by atoms with Crippen molar-refractivity contribution < 1.29 is 13.3 Å². The topological polar surface area (TPSA) is 47.6 Å². The van der Waals surface area contributed by atoms with Gasteiger partial charge in [0.25, 0.3) is 0 Å². The number of para-hydroxylation sites is 2. The number of fused-ring (bicyclic) bond motifs is 23. The summed E-state index contributed by atoms with van der Waals surface area (Å²) in [4.78, 5) is 2.62. The normalized spacial score (nSPS) is 16.8. The molecule has 0 saturated heterocycles. The van der Waals surface area contributed by atoms with Crippen LogP contribution in [0.15, 0.2) is 159 Å². The van der Waals surface area contributed by atoms with Crippen LogP contribution in [0.4, 0.5) is 11.4 Å². The van der Waals surface area contributed by atoms with E-state index < -0.39 is 0 Å². The monoisotopic (exact) mass is 970 g/mol. The summed E-state index contributed by atoms with van der Waals surface area (Å²) in [5.74, 6) is 0. The maximum absolute atomic E-state index is 7.46. The van der Waals surface area contributed by atoms with E-state index in [1.165, 1.54) is 82.7 Å². The molecule has 75 heavy (non-hydrogen) atoms. The molecule has 6 heteroatoms. The van der Waals surface area contributed by atoms with Crippen LogP contribution in [0.3, 0.4) is 0 Å². The molecule has 362 valence electrons. The van der Waals surface area contributed by atoms with Crippen LogP contribution in [0.1, 0.15) is 103 Å². The maximum Gasteiger partial charge on any atom is 0.333 e. The van der Waals surface area contributed by atoms with Gasteiger partial charge in [-0.2, -0.15) is 0 Å². The average molecular weight is 971 g/mol. The Kier molecular flexibility index (Phi) is 7.61. The Hall–Kier alpha value is -7.96. The number of nitrogens with zero attached hydrogens (tertiary/aromatic N) is 2. The van der Waals surface area contributed by atoms with E-state index in [9.17, 15) is 0 Å². The smallest absolute Gasteiger partial charge is 0.333 e. The van der Waals surface area contributed by atoms with Gasteiger partial charge in [0.1, 0.15) is 33.5 Å². The largest absolute Gasteiger partial charge is 0.456 e. The molecule has 0 spiro atoms. The maximum atomic E-state index is 7.46. The van der Waals surface area contributed by atoms with E-state index in [0.29, 0.717) is 0 Å². The van der Waals surface area contributed by atoms with Gasteiger partial charge in [0.05, 0.1) is 11.0 Å². The summed E-state index contributed by atoms with van der Waals surface area (Å²) >= 11 is 0. The molecule has 5 nitrogen and oxygen atoms in total. The Morgan fingerprint density at radius 3 is 1.88 bits per heavy atom. The molecule has 0 N–H and O–H groups in total. The highest BCUT2D eigenvalue weighted by atomic mass is 16.3. The first kappa shape index (κ1) is 42.4. The lowest BCUT2D eigenvalue weighted by Gasteiger charge is -2.42. The van der Waals surface area contributed by atoms with Crippen molar-refractivity contribution in [2.45, 2.75) is 96.8 Å². The quantitative estimate of drug-likeness (QED) is 0.154. The van der Waals surface area contributed by atoms with Gasteiger partial charge in [-0.15, -0.1) is 0 Å². The first-order valence-electron chi connectivity index (χ1n) is 27.1. The van der Waals surface area contributed by atoms with Gasteiger partial charge in [0.2, 0.25) is 0 Å². The summed E-state index contributed by atoms with van der Waals surface area (Å²) in [6.45, 7) is 21.1. The van der Waals surface area contributed by atoms with Crippen molar-refractivity contribution in [2.75, 3.05) is 4.81 Å². The van der Waals surface area contributed by atoms with Crippen LogP contribution < -0.4 is 15.7 Å². The predicted octanol–water partition coefficient (Wildman–Crippen LogP) is 17.7. The molecule has 0 saturated carbocycles. The van der Waals surface area contributed by atoms with Gasteiger partial charge in [-0.3, -0.25) is 0 Å². The fourth-order valence-electron chi connectivity index (χ4n) is 14.9. The van der Waals surface area contributed by atoms with Crippen molar-refractivity contribution in [3.8, 4) is 27.9 Å². The molecule has 13 aromatic rings. The molecular weight excluding hydrogens is 916 g/mol. The van der Waals surface area contributed by atoms with Crippen LogP contribution in [0, 0.1) is 0 Å². The third-order valence-corrected chi connectivity index (χ3v) is 19.0. The number of benzene rings is 9. The minimum Gasteiger partial charge on any atom is -0.456 e. The van der Waals surface area contributed by atoms with Gasteiger partial charge in [-0.05, 0) is 146 Å². The van der Waals surface area contributed by atoms with Gasteiger partial charge < -0.3 is 22.6 Å². The lowest BCUT2D eigenvalue weighted by molar-refractivity contribution is 0.332. The fourth-order valence-corrected chi connectivity index (χ4v) is 14.9. The van der Waals surface area contributed by atoms with Crippen LogP contribution in [0.5, 0.6) is 0 Å². The van der Waals surface area contributed by atoms with Crippen molar-refractivity contribution in [3.63, 3.8) is 0 Å². The summed E-state index contributed by atoms with van der Waals surface area (Å²) in [5.41, 5.74) is 25.3. The third-order valence-electron chi connectivity index (χ3n) is 19.0. The van der Waals surface area contributed by atoms with E-state index in [1.54, 1.807) is 0 Å². The molecule has 0 bridgehead atoms. The highest BCUT2D eigenvalue weighted by Gasteiger charge is 2.48. The second-order valence-corrected chi connectivity index (χ2v) is 25.4. The Morgan fingerprint density at radius 1 is 0.480 bits per heavy atom. The SMILES string of the molecule is CC(C)(C)c1ccc(N2B3c4cc5oc6ccccc6c5cc4-n4c5cc6c(cc5c5c7c(oc8ccccc87)c(c3c54)-c3cc4c(cc32)oc2cc3c(cc24)C(C)(C)CCC3(C)C)-c2ccccc2C6(C)C)cc1. The Labute approximate surface area is 435 Å². The predicted molar refractivity (Wildman–Crippen MR) is 313 cm³/mol. The minimum atomic E-state index is -0.280. The van der Waals surface area contributed by atoms with Crippen LogP contribution in [0.25, 0.3) is 116 Å². The highest BCUT2D eigenvalue weighted by Crippen LogP contribution is 2.57. The zero-order chi connectivity index (χ0) is 50.6. The Bertz CT molecular complexity index is 4790. The Morgan fingerprint density at radius 2 is 1.11 bits per heavy atom. The van der Waals surface area contributed by atoms with Gasteiger partial charge in [-0.25, -0.2) is 0 Å². The van der Waals surface area contributed by atoms with Crippen LogP contribution in [-0.4, -0.2) is 11.4 Å². The molecule has 0 amide bonds. The lowest BCUT2D eigenvalue weighted by Crippen LogP contribution is -2.60. The molecule has 4 aliphatic rings. The molecule has 0 unspecified atom stereocenters. The molecule has 6 heterocycles. The number of aromatic nitrogens is 1. The minimum absolute atomic E-state index is 0.0205. The van der Waals surface area contributed by atoms with E-state index in [1.807, 2.05) is 0 Å². The van der Waals surface area contributed by atoms with Gasteiger partial charge >= 0.3 is 6.85 Å². The summed E-state index contributed by atoms with van der Waals surface area (Å²) in [5, 5.41) is 9.28. The zero-order valence-corrected chi connectivity index (χ0v) is 44.0. The molecule has 9 aromatic carbocycles. The van der Waals surface area contributed by atoms with Crippen LogP contribution >= 0.6 is 0 Å². The molecule has 2 aliphatic carbocycles. The number of furan rings is 3. The fraction of sp³-hybridized carbons (Fsp3) is 0.217. The van der Waals surface area contributed by atoms with E-state index in [4.69, 9.17) is 13.3 Å². The molecule has 0 radical (unpaired) electrons. The van der Waals surface area contributed by atoms with E-state index in [2.05, 4.69) is 217 Å². The van der Waals surface area contributed by atoms with Crippen molar-refractivity contribution in [1.29, 1.82) is 0 Å². The van der Waals surface area contributed by atoms with Crippen LogP contribution in [0.2, 0.25) is 0 Å². The zero-order valence-electron chi connectivity index (χ0n) is 44.0. The third kappa shape index (κ3) is 5.21. The van der Waals surface area contributed by atoms with Crippen molar-refractivity contribution >= 4 is 117 Å². The number of hydrogen-bond acceptors (Lipinski definition) is 4. The molecule has 0 fully saturated rings. The number of hydrogen-bond donors (Lipinski definition) is 0.